The van der Waals surface area contributed by atoms with E-state index in [2.05, 4.69) is 38.1 Å². The molecule has 61 heavy (non-hydrogen) atoms. The number of carbonyl (C=O) groups excluding carboxylic acids is 2. The summed E-state index contributed by atoms with van der Waals surface area (Å²) in [6.45, 7) is 4.61. The van der Waals surface area contributed by atoms with Gasteiger partial charge in [0.1, 0.15) is 11.5 Å². The molecule has 0 aliphatic heterocycles. The summed E-state index contributed by atoms with van der Waals surface area (Å²) in [6.07, 6.45) is 42.5. The molecule has 6 rings (SSSR count). The van der Waals surface area contributed by atoms with Gasteiger partial charge in [0.2, 0.25) is 0 Å². The van der Waals surface area contributed by atoms with Crippen LogP contribution in [-0.4, -0.2) is 11.9 Å². The van der Waals surface area contributed by atoms with Gasteiger partial charge in [0.25, 0.3) is 0 Å². The Morgan fingerprint density at radius 2 is 0.705 bits per heavy atom. The fourth-order valence-electron chi connectivity index (χ4n) is 12.3. The molecule has 4 saturated carbocycles. The van der Waals surface area contributed by atoms with Crippen molar-refractivity contribution >= 4 is 11.9 Å². The van der Waals surface area contributed by atoms with E-state index in [-0.39, 0.29) is 23.8 Å². The molecule has 4 aliphatic rings. The zero-order chi connectivity index (χ0) is 42.5. The number of esters is 2. The molecule has 0 unspecified atom stereocenters. The van der Waals surface area contributed by atoms with Crippen molar-refractivity contribution in [2.45, 2.75) is 226 Å². The van der Waals surface area contributed by atoms with Crippen molar-refractivity contribution in [2.75, 3.05) is 0 Å². The topological polar surface area (TPSA) is 52.6 Å². The largest absolute Gasteiger partial charge is 0.426 e. The van der Waals surface area contributed by atoms with E-state index in [1.165, 1.54) is 184 Å². The Bertz CT molecular complexity index is 1370. The Hall–Kier alpha value is -2.62. The second-order valence-electron chi connectivity index (χ2n) is 20.9. The summed E-state index contributed by atoms with van der Waals surface area (Å²) in [5, 5.41) is 0. The maximum absolute atomic E-state index is 13.0. The molecule has 0 amide bonds. The monoisotopic (exact) mass is 837 g/mol. The number of aryl methyl sites for hydroxylation is 2. The highest BCUT2D eigenvalue weighted by Gasteiger charge is 2.35. The van der Waals surface area contributed by atoms with Crippen molar-refractivity contribution in [2.24, 2.45) is 47.3 Å². The molecular formula is C57H88O4. The van der Waals surface area contributed by atoms with Crippen LogP contribution in [0.4, 0.5) is 0 Å². The normalized spacial score (nSPS) is 27.0. The third-order valence-corrected chi connectivity index (χ3v) is 16.5. The predicted octanol–water partition coefficient (Wildman–Crippen LogP) is 16.4. The molecular weight excluding hydrogens is 749 g/mol. The molecule has 4 aliphatic carbocycles. The summed E-state index contributed by atoms with van der Waals surface area (Å²) >= 11 is 0. The molecule has 2 aromatic carbocycles. The number of ether oxygens (including phenoxy) is 2. The van der Waals surface area contributed by atoms with Gasteiger partial charge in [-0.05, 0) is 174 Å². The number of benzene rings is 2. The summed E-state index contributed by atoms with van der Waals surface area (Å²) in [6, 6.07) is 16.6. The van der Waals surface area contributed by atoms with Gasteiger partial charge < -0.3 is 9.47 Å². The number of rotatable bonds is 24. The number of hydrogen-bond acceptors (Lipinski definition) is 4. The van der Waals surface area contributed by atoms with Gasteiger partial charge in [-0.1, -0.05) is 147 Å². The summed E-state index contributed by atoms with van der Waals surface area (Å²) in [5.74, 6) is 6.94. The lowest BCUT2D eigenvalue weighted by molar-refractivity contribution is -0.141. The standard InChI is InChI=1S/C57H88O4/c1-3-5-12-16-44-20-28-48(29-21-44)50-32-36-52(37-33-50)56(58)60-54-40-24-46(25-41-54)18-14-10-8-7-9-11-15-19-47-26-42-55(43-27-47)61-57(59)53-38-34-51(35-39-53)49-30-22-45(23-31-49)17-13-6-4-2/h24-27,40-45,48-53H,3-23,28-39H2,1-2H3. The highest BCUT2D eigenvalue weighted by atomic mass is 16.5. The van der Waals surface area contributed by atoms with Gasteiger partial charge in [0.05, 0.1) is 11.8 Å². The van der Waals surface area contributed by atoms with Crippen LogP contribution in [0.5, 0.6) is 11.5 Å². The number of carbonyl (C=O) groups is 2. The van der Waals surface area contributed by atoms with Crippen molar-refractivity contribution in [3.05, 3.63) is 59.7 Å². The molecule has 0 bridgehead atoms. The van der Waals surface area contributed by atoms with E-state index in [4.69, 9.17) is 9.47 Å². The first-order valence-corrected chi connectivity index (χ1v) is 26.6. The Kier molecular flexibility index (Phi) is 21.1. The maximum Gasteiger partial charge on any atom is 0.314 e. The van der Waals surface area contributed by atoms with E-state index in [1.807, 2.05) is 24.3 Å². The molecule has 0 aromatic heterocycles. The van der Waals surface area contributed by atoms with E-state index in [9.17, 15) is 9.59 Å². The fourth-order valence-corrected chi connectivity index (χ4v) is 12.3. The van der Waals surface area contributed by atoms with Crippen LogP contribution >= 0.6 is 0 Å². The van der Waals surface area contributed by atoms with Crippen LogP contribution in [0.2, 0.25) is 0 Å². The van der Waals surface area contributed by atoms with Crippen LogP contribution in [0.3, 0.4) is 0 Å². The maximum atomic E-state index is 13.0. The number of unbranched alkanes of at least 4 members (excludes halogenated alkanes) is 10. The van der Waals surface area contributed by atoms with Crippen molar-refractivity contribution < 1.29 is 19.1 Å². The van der Waals surface area contributed by atoms with Crippen LogP contribution in [-0.2, 0) is 22.4 Å². The minimum absolute atomic E-state index is 0.0105. The van der Waals surface area contributed by atoms with Crippen LogP contribution in [0, 0.1) is 47.3 Å². The first-order valence-electron chi connectivity index (χ1n) is 26.6. The summed E-state index contributed by atoms with van der Waals surface area (Å²) < 4.78 is 11.8. The fraction of sp³-hybridized carbons (Fsp3) is 0.754. The molecule has 0 atom stereocenters. The van der Waals surface area contributed by atoms with Crippen molar-refractivity contribution in [3.63, 3.8) is 0 Å². The lowest BCUT2D eigenvalue weighted by atomic mass is 9.68. The van der Waals surface area contributed by atoms with Crippen LogP contribution in [0.1, 0.15) is 224 Å². The van der Waals surface area contributed by atoms with E-state index < -0.39 is 0 Å². The van der Waals surface area contributed by atoms with Crippen molar-refractivity contribution in [3.8, 4) is 11.5 Å². The average molecular weight is 837 g/mol. The molecule has 4 heteroatoms. The molecule has 4 nitrogen and oxygen atoms in total. The molecule has 0 heterocycles. The van der Waals surface area contributed by atoms with Crippen molar-refractivity contribution in [1.82, 2.24) is 0 Å². The summed E-state index contributed by atoms with van der Waals surface area (Å²) in [4.78, 5) is 26.1. The second-order valence-corrected chi connectivity index (χ2v) is 20.9. The SMILES string of the molecule is CCCCCC1CCC(C2CCC(C(=O)Oc3ccc(CCCCCCCCCc4ccc(OC(=O)C5CCC(C6CCC(CCCCC)CC6)CC5)cc4)cc3)CC2)CC1. The molecule has 0 radical (unpaired) electrons. The molecule has 4 fully saturated rings. The third-order valence-electron chi connectivity index (χ3n) is 16.5. The molecule has 0 saturated heterocycles. The van der Waals surface area contributed by atoms with Crippen LogP contribution < -0.4 is 9.47 Å². The second kappa shape index (κ2) is 26.9. The minimum atomic E-state index is -0.0105. The van der Waals surface area contributed by atoms with Gasteiger partial charge in [-0.15, -0.1) is 0 Å². The first kappa shape index (κ1) is 47.8. The predicted molar refractivity (Wildman–Crippen MR) is 254 cm³/mol. The third kappa shape index (κ3) is 16.5. The van der Waals surface area contributed by atoms with E-state index in [1.54, 1.807) is 0 Å². The summed E-state index contributed by atoms with van der Waals surface area (Å²) in [5.41, 5.74) is 2.67. The quantitative estimate of drug-likeness (QED) is 0.0600. The Morgan fingerprint density at radius 1 is 0.393 bits per heavy atom. The Morgan fingerprint density at radius 3 is 1.03 bits per heavy atom. The highest BCUT2D eigenvalue weighted by Crippen LogP contribution is 2.44. The highest BCUT2D eigenvalue weighted by molar-refractivity contribution is 5.75. The molecule has 340 valence electrons. The van der Waals surface area contributed by atoms with Gasteiger partial charge in [0, 0.05) is 0 Å². The molecule has 0 N–H and O–H groups in total. The molecule has 0 spiro atoms. The van der Waals surface area contributed by atoms with E-state index in [0.29, 0.717) is 11.5 Å². The average Bonchev–Trinajstić information content (AvgIpc) is 3.30. The zero-order valence-corrected chi connectivity index (χ0v) is 39.2. The Balaban J connectivity index is 0.745. The molecule has 2 aromatic rings. The van der Waals surface area contributed by atoms with Gasteiger partial charge in [-0.3, -0.25) is 9.59 Å². The van der Waals surface area contributed by atoms with Gasteiger partial charge in [-0.2, -0.15) is 0 Å². The van der Waals surface area contributed by atoms with Gasteiger partial charge in [0.15, 0.2) is 0 Å². The van der Waals surface area contributed by atoms with E-state index in [0.717, 1.165) is 74.0 Å². The lowest BCUT2D eigenvalue weighted by Gasteiger charge is -2.37. The van der Waals surface area contributed by atoms with Crippen LogP contribution in [0.15, 0.2) is 48.5 Å². The minimum Gasteiger partial charge on any atom is -0.426 e. The lowest BCUT2D eigenvalue weighted by Crippen LogP contribution is -2.30. The zero-order valence-electron chi connectivity index (χ0n) is 39.2. The van der Waals surface area contributed by atoms with Gasteiger partial charge in [-0.25, -0.2) is 0 Å². The van der Waals surface area contributed by atoms with E-state index >= 15 is 0 Å². The van der Waals surface area contributed by atoms with Crippen LogP contribution in [0.25, 0.3) is 0 Å². The van der Waals surface area contributed by atoms with Crippen molar-refractivity contribution in [1.29, 1.82) is 0 Å². The van der Waals surface area contributed by atoms with Gasteiger partial charge >= 0.3 is 11.9 Å². The first-order chi connectivity index (χ1) is 30.0. The number of hydrogen-bond donors (Lipinski definition) is 0. The smallest absolute Gasteiger partial charge is 0.314 e. The summed E-state index contributed by atoms with van der Waals surface area (Å²) in [7, 11) is 0. The Labute approximate surface area is 373 Å².